The third kappa shape index (κ3) is 4.99. The smallest absolute Gasteiger partial charge is 0.266 e. The van der Waals surface area contributed by atoms with Gasteiger partial charge in [0.15, 0.2) is 11.5 Å². The number of nitrogens with one attached hydrogen (secondary N) is 2. The van der Waals surface area contributed by atoms with Gasteiger partial charge < -0.3 is 16.0 Å². The number of aromatic nitrogens is 6. The van der Waals surface area contributed by atoms with E-state index in [9.17, 15) is 13.6 Å². The molecular weight excluding hydrogens is 454 g/mol. The molecule has 3 aromatic heterocycles. The Bertz CT molecular complexity index is 1510. The molecule has 35 heavy (non-hydrogen) atoms. The summed E-state index contributed by atoms with van der Waals surface area (Å²) in [6, 6.07) is 8.77. The van der Waals surface area contributed by atoms with Crippen LogP contribution in [0.1, 0.15) is 32.1 Å². The van der Waals surface area contributed by atoms with Gasteiger partial charge in [-0.3, -0.25) is 9.36 Å². The van der Waals surface area contributed by atoms with Crippen LogP contribution >= 0.6 is 0 Å². The summed E-state index contributed by atoms with van der Waals surface area (Å²) in [5.41, 5.74) is 6.41. The van der Waals surface area contributed by atoms with Gasteiger partial charge in [-0.25, -0.2) is 28.7 Å². The first-order chi connectivity index (χ1) is 16.9. The molecule has 0 aliphatic heterocycles. The Hall–Kier alpha value is -4.25. The van der Waals surface area contributed by atoms with Crippen molar-refractivity contribution in [1.29, 1.82) is 0 Å². The topological polar surface area (TPSA) is 127 Å². The lowest BCUT2D eigenvalue weighted by Crippen LogP contribution is -2.27. The fraction of sp³-hybridized carbons (Fsp3) is 0.208. The summed E-state index contributed by atoms with van der Waals surface area (Å²) in [5, 5.41) is 3.34. The molecule has 0 saturated heterocycles. The summed E-state index contributed by atoms with van der Waals surface area (Å²) in [4.78, 5) is 33.3. The molecular formula is C24H24F2N8O. The van der Waals surface area contributed by atoms with Crippen LogP contribution in [0, 0.1) is 11.6 Å². The number of fused-ring (bicyclic) bond motifs is 2. The van der Waals surface area contributed by atoms with Crippen LogP contribution in [-0.2, 0) is 0 Å². The lowest BCUT2D eigenvalue weighted by molar-refractivity contribution is 0.626. The van der Waals surface area contributed by atoms with Crippen LogP contribution in [0.4, 0.5) is 14.6 Å². The van der Waals surface area contributed by atoms with Gasteiger partial charge in [0.2, 0.25) is 0 Å². The van der Waals surface area contributed by atoms with Crippen molar-refractivity contribution in [3.8, 4) is 5.69 Å². The van der Waals surface area contributed by atoms with Gasteiger partial charge >= 0.3 is 0 Å². The van der Waals surface area contributed by atoms with Crippen LogP contribution in [0.2, 0.25) is 0 Å². The Morgan fingerprint density at radius 3 is 2.51 bits per heavy atom. The molecule has 0 aliphatic rings. The molecule has 5 aromatic rings. The highest BCUT2D eigenvalue weighted by atomic mass is 19.1. The van der Waals surface area contributed by atoms with Crippen molar-refractivity contribution >= 4 is 27.9 Å². The van der Waals surface area contributed by atoms with Crippen molar-refractivity contribution in [2.45, 2.75) is 26.3 Å². The van der Waals surface area contributed by atoms with E-state index in [2.05, 4.69) is 37.2 Å². The molecule has 1 unspecified atom stereocenters. The van der Waals surface area contributed by atoms with Gasteiger partial charge in [0.1, 0.15) is 29.3 Å². The number of nitrogens with zero attached hydrogens (tertiary/aromatic N) is 5. The number of imidazole rings is 1. The maximum absolute atomic E-state index is 13.8. The van der Waals surface area contributed by atoms with Crippen LogP contribution < -0.4 is 16.6 Å². The normalized spacial score (nSPS) is 11.8. The van der Waals surface area contributed by atoms with E-state index in [0.717, 1.165) is 19.0 Å². The molecule has 2 aromatic carbocycles. The first-order valence-corrected chi connectivity index (χ1v) is 11.0. The average Bonchev–Trinajstić information content (AvgIpc) is 3.35. The number of nitrogens with two attached hydrogens (primary N) is 1. The number of H-pyrrole nitrogens is 1. The van der Waals surface area contributed by atoms with E-state index in [1.54, 1.807) is 0 Å². The maximum Gasteiger partial charge on any atom is 0.266 e. The summed E-state index contributed by atoms with van der Waals surface area (Å²) in [6.45, 7) is 4.68. The van der Waals surface area contributed by atoms with Crippen molar-refractivity contribution in [3.05, 3.63) is 82.9 Å². The Morgan fingerprint density at radius 1 is 1.09 bits per heavy atom. The van der Waals surface area contributed by atoms with E-state index < -0.39 is 23.2 Å². The quantitative estimate of drug-likeness (QED) is 0.350. The van der Waals surface area contributed by atoms with E-state index in [-0.39, 0.29) is 5.39 Å². The summed E-state index contributed by atoms with van der Waals surface area (Å²) in [7, 11) is 0. The molecule has 180 valence electrons. The van der Waals surface area contributed by atoms with Crippen LogP contribution in [0.25, 0.3) is 27.8 Å². The fourth-order valence-corrected chi connectivity index (χ4v) is 3.45. The number of hydrogen-bond donors (Lipinski definition) is 3. The zero-order valence-electron chi connectivity index (χ0n) is 19.2. The van der Waals surface area contributed by atoms with E-state index in [0.29, 0.717) is 34.0 Å². The molecule has 5 rings (SSSR count). The molecule has 1 atom stereocenters. The van der Waals surface area contributed by atoms with Crippen LogP contribution in [0.15, 0.2) is 59.9 Å². The van der Waals surface area contributed by atoms with E-state index in [1.165, 1.54) is 53.6 Å². The third-order valence-corrected chi connectivity index (χ3v) is 5.19. The summed E-state index contributed by atoms with van der Waals surface area (Å²) in [6.07, 6.45) is 3.98. The largest absolute Gasteiger partial charge is 0.358 e. The second-order valence-corrected chi connectivity index (χ2v) is 7.73. The third-order valence-electron chi connectivity index (χ3n) is 5.19. The predicted octanol–water partition coefficient (Wildman–Crippen LogP) is 3.86. The second-order valence-electron chi connectivity index (χ2n) is 7.73. The molecule has 0 amide bonds. The number of halogens is 2. The first kappa shape index (κ1) is 23.9. The SMILES string of the molecule is CC(Nc1ncnc2nc[nH]c12)c1nc2ccc(F)cc2c(=O)n1-c1ccc(F)cc1.CCCN. The van der Waals surface area contributed by atoms with Crippen LogP contribution in [-0.4, -0.2) is 36.0 Å². The van der Waals surface area contributed by atoms with Gasteiger partial charge in [-0.15, -0.1) is 0 Å². The van der Waals surface area contributed by atoms with Crippen molar-refractivity contribution in [2.24, 2.45) is 5.73 Å². The standard InChI is InChI=1S/C21H15F2N7O.C3H9N/c1-11(28-19-17-18(25-9-24-17)26-10-27-19)20-29-16-7-4-13(23)8-15(16)21(31)30(20)14-5-2-12(22)3-6-14;1-2-3-4/h2-11H,1H3,(H2,24,25,26,27,28);2-4H2,1H3. The number of benzene rings is 2. The maximum atomic E-state index is 13.8. The van der Waals surface area contributed by atoms with Gasteiger partial charge in [-0.05, 0) is 62.4 Å². The van der Waals surface area contributed by atoms with Crippen LogP contribution in [0.5, 0.6) is 0 Å². The molecule has 0 spiro atoms. The minimum atomic E-state index is -0.543. The van der Waals surface area contributed by atoms with E-state index >= 15 is 0 Å². The first-order valence-electron chi connectivity index (χ1n) is 11.0. The number of aromatic amines is 1. The Kier molecular flexibility index (Phi) is 7.06. The Balaban J connectivity index is 0.000000672. The van der Waals surface area contributed by atoms with Gasteiger partial charge in [-0.2, -0.15) is 0 Å². The van der Waals surface area contributed by atoms with Crippen molar-refractivity contribution < 1.29 is 8.78 Å². The Morgan fingerprint density at radius 2 is 1.80 bits per heavy atom. The fourth-order valence-electron chi connectivity index (χ4n) is 3.45. The van der Waals surface area contributed by atoms with Gasteiger partial charge in [-0.1, -0.05) is 6.92 Å². The predicted molar refractivity (Wildman–Crippen MR) is 130 cm³/mol. The van der Waals surface area contributed by atoms with Crippen molar-refractivity contribution in [3.63, 3.8) is 0 Å². The summed E-state index contributed by atoms with van der Waals surface area (Å²) < 4.78 is 28.6. The van der Waals surface area contributed by atoms with Crippen molar-refractivity contribution in [1.82, 2.24) is 29.5 Å². The molecule has 0 radical (unpaired) electrons. The molecule has 11 heteroatoms. The average molecular weight is 479 g/mol. The van der Waals surface area contributed by atoms with Crippen LogP contribution in [0.3, 0.4) is 0 Å². The minimum absolute atomic E-state index is 0.123. The zero-order valence-corrected chi connectivity index (χ0v) is 19.2. The molecule has 0 aliphatic carbocycles. The summed E-state index contributed by atoms with van der Waals surface area (Å²) >= 11 is 0. The molecule has 9 nitrogen and oxygen atoms in total. The second kappa shape index (κ2) is 10.3. The molecule has 0 bridgehead atoms. The highest BCUT2D eigenvalue weighted by Crippen LogP contribution is 2.24. The lowest BCUT2D eigenvalue weighted by atomic mass is 10.2. The lowest BCUT2D eigenvalue weighted by Gasteiger charge is -2.20. The summed E-state index contributed by atoms with van der Waals surface area (Å²) in [5.74, 6) is -0.151. The molecule has 0 saturated carbocycles. The molecule has 3 heterocycles. The number of anilines is 1. The highest BCUT2D eigenvalue weighted by molar-refractivity contribution is 5.82. The zero-order chi connectivity index (χ0) is 24.9. The molecule has 0 fully saturated rings. The van der Waals surface area contributed by atoms with E-state index in [1.807, 2.05) is 6.92 Å². The van der Waals surface area contributed by atoms with Gasteiger partial charge in [0, 0.05) is 0 Å². The van der Waals surface area contributed by atoms with Gasteiger partial charge in [0.05, 0.1) is 29.0 Å². The van der Waals surface area contributed by atoms with E-state index in [4.69, 9.17) is 5.73 Å². The number of rotatable bonds is 5. The monoisotopic (exact) mass is 478 g/mol. The molecule has 4 N–H and O–H groups in total. The Labute approximate surface area is 199 Å². The minimum Gasteiger partial charge on any atom is -0.358 e. The van der Waals surface area contributed by atoms with Crippen molar-refractivity contribution in [2.75, 3.05) is 11.9 Å². The highest BCUT2D eigenvalue weighted by Gasteiger charge is 2.20. The number of hydrogen-bond acceptors (Lipinski definition) is 7. The van der Waals surface area contributed by atoms with Gasteiger partial charge in [0.25, 0.3) is 5.56 Å².